The first kappa shape index (κ1) is 16.9. The Morgan fingerprint density at radius 2 is 2.12 bits per heavy atom. The molecule has 3 N–H and O–H groups in total. The van der Waals surface area contributed by atoms with Crippen LogP contribution in [0.3, 0.4) is 0 Å². The zero-order valence-electron chi connectivity index (χ0n) is 14.2. The number of nitrogens with two attached hydrogens (primary N) is 1. The van der Waals surface area contributed by atoms with Crippen LogP contribution in [0.25, 0.3) is 22.6 Å². The molecule has 3 heterocycles. The molecule has 0 radical (unpaired) electrons. The van der Waals surface area contributed by atoms with Crippen molar-refractivity contribution >= 4 is 23.1 Å². The van der Waals surface area contributed by atoms with Crippen LogP contribution in [0.1, 0.15) is 39.0 Å². The molecule has 0 fully saturated rings. The Kier molecular flexibility index (Phi) is 5.27. The maximum absolute atomic E-state index is 12.4. The molecule has 8 heteroatoms. The van der Waals surface area contributed by atoms with Gasteiger partial charge in [-0.2, -0.15) is 4.98 Å². The molecule has 3 rings (SSSR count). The normalized spacial score (nSPS) is 11.1. The fourth-order valence-corrected chi connectivity index (χ4v) is 2.66. The number of amides is 1. The van der Waals surface area contributed by atoms with Gasteiger partial charge in [-0.1, -0.05) is 32.6 Å². The summed E-state index contributed by atoms with van der Waals surface area (Å²) >= 11 is 0. The first-order valence-corrected chi connectivity index (χ1v) is 8.53. The van der Waals surface area contributed by atoms with Crippen LogP contribution in [0, 0.1) is 0 Å². The molecular weight excluding hydrogens is 320 g/mol. The van der Waals surface area contributed by atoms with E-state index in [1.54, 1.807) is 18.4 Å². The molecular formula is C17H22N6O2. The Bertz CT molecular complexity index is 840. The fraction of sp³-hybridized carbons (Fsp3) is 0.412. The van der Waals surface area contributed by atoms with E-state index in [1.165, 1.54) is 30.2 Å². The third-order valence-electron chi connectivity index (χ3n) is 3.94. The van der Waals surface area contributed by atoms with Crippen molar-refractivity contribution in [1.82, 2.24) is 24.8 Å². The number of anilines is 1. The van der Waals surface area contributed by atoms with Gasteiger partial charge in [0.1, 0.15) is 17.5 Å². The van der Waals surface area contributed by atoms with Crippen molar-refractivity contribution in [1.29, 1.82) is 0 Å². The Balaban J connectivity index is 1.75. The molecule has 0 atom stereocenters. The minimum absolute atomic E-state index is 0.0630. The number of imidazole rings is 1. The molecule has 0 aliphatic rings. The van der Waals surface area contributed by atoms with E-state index in [2.05, 4.69) is 27.2 Å². The summed E-state index contributed by atoms with van der Waals surface area (Å²) in [5, 5.41) is 2.89. The van der Waals surface area contributed by atoms with Gasteiger partial charge in [0, 0.05) is 6.54 Å². The lowest BCUT2D eigenvalue weighted by Crippen LogP contribution is -2.29. The van der Waals surface area contributed by atoms with Crippen molar-refractivity contribution < 1.29 is 9.21 Å². The Morgan fingerprint density at radius 3 is 2.88 bits per heavy atom. The standard InChI is InChI=1S/C17H22N6O2/c1-2-3-4-5-6-9-19-17(24)23-11-20-14-13(12-8-7-10-25-12)21-16(18)22-15(14)23/h7-8,10-11H,2-6,9H2,1H3,(H,19,24)(H2,18,21,22). The number of hydrogen-bond acceptors (Lipinski definition) is 6. The second kappa shape index (κ2) is 7.78. The monoisotopic (exact) mass is 342 g/mol. The number of fused-ring (bicyclic) bond motifs is 1. The quantitative estimate of drug-likeness (QED) is 0.638. The molecule has 1 amide bonds. The number of carbonyl (C=O) groups is 1. The van der Waals surface area contributed by atoms with Gasteiger partial charge in [0.15, 0.2) is 11.4 Å². The predicted octanol–water partition coefficient (Wildman–Crippen LogP) is 3.20. The molecule has 0 spiro atoms. The summed E-state index contributed by atoms with van der Waals surface area (Å²) in [6.07, 6.45) is 8.65. The lowest BCUT2D eigenvalue weighted by atomic mass is 10.1. The molecule has 0 saturated heterocycles. The number of carbonyl (C=O) groups excluding carboxylic acids is 1. The van der Waals surface area contributed by atoms with Gasteiger partial charge >= 0.3 is 6.03 Å². The van der Waals surface area contributed by atoms with Crippen LogP contribution in [0.2, 0.25) is 0 Å². The van der Waals surface area contributed by atoms with Gasteiger partial charge in [0.25, 0.3) is 0 Å². The maximum atomic E-state index is 12.4. The highest BCUT2D eigenvalue weighted by Gasteiger charge is 2.18. The molecule has 8 nitrogen and oxygen atoms in total. The average molecular weight is 342 g/mol. The van der Waals surface area contributed by atoms with Gasteiger partial charge in [-0.05, 0) is 18.6 Å². The Morgan fingerprint density at radius 1 is 1.28 bits per heavy atom. The summed E-state index contributed by atoms with van der Waals surface area (Å²) in [7, 11) is 0. The second-order valence-corrected chi connectivity index (χ2v) is 5.84. The van der Waals surface area contributed by atoms with E-state index in [1.807, 2.05) is 0 Å². The van der Waals surface area contributed by atoms with Crippen molar-refractivity contribution in [2.75, 3.05) is 12.3 Å². The summed E-state index contributed by atoms with van der Waals surface area (Å²) in [5.74, 6) is 0.591. The van der Waals surface area contributed by atoms with Gasteiger partial charge in [-0.15, -0.1) is 0 Å². The first-order chi connectivity index (χ1) is 12.2. The van der Waals surface area contributed by atoms with Crippen molar-refractivity contribution in [2.24, 2.45) is 0 Å². The van der Waals surface area contributed by atoms with Gasteiger partial charge in [0.05, 0.1) is 6.26 Å². The van der Waals surface area contributed by atoms with Crippen LogP contribution in [0.15, 0.2) is 29.1 Å². The van der Waals surface area contributed by atoms with Crippen LogP contribution in [0.4, 0.5) is 10.7 Å². The summed E-state index contributed by atoms with van der Waals surface area (Å²) in [5.41, 5.74) is 7.10. The van der Waals surface area contributed by atoms with Gasteiger partial charge in [0.2, 0.25) is 5.95 Å². The minimum Gasteiger partial charge on any atom is -0.463 e. The molecule has 0 aromatic carbocycles. The number of aromatic nitrogens is 4. The van der Waals surface area contributed by atoms with Crippen LogP contribution in [0.5, 0.6) is 0 Å². The molecule has 0 bridgehead atoms. The number of rotatable bonds is 7. The SMILES string of the molecule is CCCCCCCNC(=O)n1cnc2c(-c3ccco3)nc(N)nc21. The minimum atomic E-state index is -0.276. The van der Waals surface area contributed by atoms with E-state index in [9.17, 15) is 4.79 Å². The number of nitrogen functional groups attached to an aromatic ring is 1. The number of hydrogen-bond donors (Lipinski definition) is 2. The molecule has 0 saturated carbocycles. The largest absolute Gasteiger partial charge is 0.463 e. The molecule has 0 unspecified atom stereocenters. The Labute approximate surface area is 145 Å². The van der Waals surface area contributed by atoms with Crippen molar-refractivity contribution in [3.63, 3.8) is 0 Å². The topological polar surface area (TPSA) is 112 Å². The van der Waals surface area contributed by atoms with Crippen molar-refractivity contribution in [3.05, 3.63) is 24.7 Å². The average Bonchev–Trinajstić information content (AvgIpc) is 3.26. The molecule has 3 aromatic heterocycles. The third kappa shape index (κ3) is 3.78. The smallest absolute Gasteiger partial charge is 0.328 e. The molecule has 0 aliphatic heterocycles. The van der Waals surface area contributed by atoms with E-state index >= 15 is 0 Å². The zero-order chi connectivity index (χ0) is 17.6. The molecule has 132 valence electrons. The highest BCUT2D eigenvalue weighted by molar-refractivity contribution is 5.93. The van der Waals surface area contributed by atoms with Crippen LogP contribution >= 0.6 is 0 Å². The fourth-order valence-electron chi connectivity index (χ4n) is 2.66. The lowest BCUT2D eigenvalue weighted by molar-refractivity contribution is 0.243. The van der Waals surface area contributed by atoms with Crippen LogP contribution in [-0.2, 0) is 0 Å². The lowest BCUT2D eigenvalue weighted by Gasteiger charge is -2.06. The number of unbranched alkanes of at least 4 members (excludes halogenated alkanes) is 4. The van der Waals surface area contributed by atoms with E-state index in [4.69, 9.17) is 10.2 Å². The predicted molar refractivity (Wildman–Crippen MR) is 95.0 cm³/mol. The zero-order valence-corrected chi connectivity index (χ0v) is 14.2. The third-order valence-corrected chi connectivity index (χ3v) is 3.94. The molecule has 3 aromatic rings. The number of nitrogens with one attached hydrogen (secondary N) is 1. The van der Waals surface area contributed by atoms with Crippen LogP contribution < -0.4 is 11.1 Å². The van der Waals surface area contributed by atoms with Crippen molar-refractivity contribution in [2.45, 2.75) is 39.0 Å². The van der Waals surface area contributed by atoms with E-state index in [0.29, 0.717) is 29.2 Å². The van der Waals surface area contributed by atoms with E-state index in [0.717, 1.165) is 12.8 Å². The second-order valence-electron chi connectivity index (χ2n) is 5.84. The van der Waals surface area contributed by atoms with Crippen molar-refractivity contribution in [3.8, 4) is 11.5 Å². The highest BCUT2D eigenvalue weighted by atomic mass is 16.3. The summed E-state index contributed by atoms with van der Waals surface area (Å²) in [6, 6.07) is 3.24. The summed E-state index contributed by atoms with van der Waals surface area (Å²) < 4.78 is 6.72. The first-order valence-electron chi connectivity index (χ1n) is 8.53. The summed E-state index contributed by atoms with van der Waals surface area (Å²) in [6.45, 7) is 2.80. The highest BCUT2D eigenvalue weighted by Crippen LogP contribution is 2.25. The van der Waals surface area contributed by atoms with E-state index < -0.39 is 0 Å². The Hall–Kier alpha value is -2.90. The maximum Gasteiger partial charge on any atom is 0.328 e. The number of nitrogens with zero attached hydrogens (tertiary/aromatic N) is 4. The van der Waals surface area contributed by atoms with Gasteiger partial charge in [-0.25, -0.2) is 19.3 Å². The van der Waals surface area contributed by atoms with Gasteiger partial charge in [-0.3, -0.25) is 0 Å². The van der Waals surface area contributed by atoms with E-state index in [-0.39, 0.29) is 12.0 Å². The summed E-state index contributed by atoms with van der Waals surface area (Å²) in [4.78, 5) is 25.0. The van der Waals surface area contributed by atoms with Crippen LogP contribution in [-0.4, -0.2) is 32.1 Å². The molecule has 25 heavy (non-hydrogen) atoms. The number of furan rings is 1. The van der Waals surface area contributed by atoms with Gasteiger partial charge < -0.3 is 15.5 Å². The molecule has 0 aliphatic carbocycles.